The van der Waals surface area contributed by atoms with E-state index >= 15 is 0 Å². The van der Waals surface area contributed by atoms with Gasteiger partial charge in [0.2, 0.25) is 0 Å². The lowest BCUT2D eigenvalue weighted by atomic mass is 9.71. The number of carbonyl (C=O) groups excluding carboxylic acids is 2. The highest BCUT2D eigenvalue weighted by molar-refractivity contribution is 6.00. The van der Waals surface area contributed by atoms with E-state index in [2.05, 4.69) is 0 Å². The second kappa shape index (κ2) is 6.71. The Hall–Kier alpha value is -1.13. The molecule has 4 nitrogen and oxygen atoms in total. The summed E-state index contributed by atoms with van der Waals surface area (Å²) >= 11 is 0. The zero-order valence-corrected chi connectivity index (χ0v) is 11.0. The summed E-state index contributed by atoms with van der Waals surface area (Å²) in [6.07, 6.45) is 3.87. The van der Waals surface area contributed by atoms with Gasteiger partial charge in [0.05, 0.1) is 20.9 Å². The third kappa shape index (κ3) is 2.65. The average molecular weight is 260 g/mol. The molecule has 0 aromatic rings. The molecule has 1 aliphatic carbocycles. The number of rotatable bonds is 6. The second-order valence-electron chi connectivity index (χ2n) is 4.73. The van der Waals surface area contributed by atoms with Gasteiger partial charge in [-0.25, -0.2) is 0 Å². The summed E-state index contributed by atoms with van der Waals surface area (Å²) in [7, 11) is 2.51. The molecule has 1 saturated carbocycles. The van der Waals surface area contributed by atoms with Crippen molar-refractivity contribution in [1.82, 2.24) is 0 Å². The Labute approximate surface area is 107 Å². The van der Waals surface area contributed by atoms with Crippen molar-refractivity contribution in [3.63, 3.8) is 0 Å². The van der Waals surface area contributed by atoms with Crippen molar-refractivity contribution in [2.45, 2.75) is 38.5 Å². The van der Waals surface area contributed by atoms with Crippen LogP contribution in [0, 0.1) is 11.3 Å². The standard InChI is InChI=1S/C13H21FO4/c1-17-11(15)13(8-5-9-14,12(16)18-2)10-6-3-4-7-10/h10H,3-9H2,1-2H3. The maximum Gasteiger partial charge on any atom is 0.323 e. The minimum Gasteiger partial charge on any atom is -0.468 e. The SMILES string of the molecule is COC(=O)C(CCCF)(C(=O)OC)C1CCCC1. The van der Waals surface area contributed by atoms with Crippen molar-refractivity contribution < 1.29 is 23.5 Å². The summed E-state index contributed by atoms with van der Waals surface area (Å²) in [6.45, 7) is -0.553. The highest BCUT2D eigenvalue weighted by atomic mass is 19.1. The number of esters is 2. The van der Waals surface area contributed by atoms with Crippen LogP contribution in [0.25, 0.3) is 0 Å². The lowest BCUT2D eigenvalue weighted by Crippen LogP contribution is -2.46. The predicted octanol–water partition coefficient (Wildman–Crippen LogP) is 2.26. The van der Waals surface area contributed by atoms with Crippen molar-refractivity contribution in [3.05, 3.63) is 0 Å². The van der Waals surface area contributed by atoms with Crippen molar-refractivity contribution in [1.29, 1.82) is 0 Å². The van der Waals surface area contributed by atoms with E-state index in [1.165, 1.54) is 14.2 Å². The molecule has 0 spiro atoms. The van der Waals surface area contributed by atoms with Crippen molar-refractivity contribution in [2.24, 2.45) is 11.3 Å². The van der Waals surface area contributed by atoms with E-state index in [1.54, 1.807) is 0 Å². The van der Waals surface area contributed by atoms with Crippen LogP contribution in [0.2, 0.25) is 0 Å². The lowest BCUT2D eigenvalue weighted by Gasteiger charge is -2.33. The largest absolute Gasteiger partial charge is 0.468 e. The van der Waals surface area contributed by atoms with E-state index in [0.29, 0.717) is 0 Å². The number of carbonyl (C=O) groups is 2. The first-order valence-electron chi connectivity index (χ1n) is 6.36. The molecule has 0 saturated heterocycles. The molecule has 104 valence electrons. The number of alkyl halides is 1. The molecule has 1 rings (SSSR count). The summed E-state index contributed by atoms with van der Waals surface area (Å²) in [5, 5.41) is 0. The Morgan fingerprint density at radius 1 is 1.17 bits per heavy atom. The fourth-order valence-corrected chi connectivity index (χ4v) is 2.95. The van der Waals surface area contributed by atoms with Crippen LogP contribution in [0.5, 0.6) is 0 Å². The Morgan fingerprint density at radius 2 is 1.67 bits per heavy atom. The fraction of sp³-hybridized carbons (Fsp3) is 0.846. The van der Waals surface area contributed by atoms with E-state index in [1.807, 2.05) is 0 Å². The molecule has 0 aromatic carbocycles. The van der Waals surface area contributed by atoms with E-state index in [4.69, 9.17) is 9.47 Å². The topological polar surface area (TPSA) is 52.6 Å². The van der Waals surface area contributed by atoms with Gasteiger partial charge in [0.1, 0.15) is 0 Å². The highest BCUT2D eigenvalue weighted by Crippen LogP contribution is 2.45. The lowest BCUT2D eigenvalue weighted by molar-refractivity contribution is -0.174. The minimum absolute atomic E-state index is 0.0936. The number of hydrogen-bond acceptors (Lipinski definition) is 4. The van der Waals surface area contributed by atoms with Crippen LogP contribution in [0.1, 0.15) is 38.5 Å². The molecular weight excluding hydrogens is 239 g/mol. The predicted molar refractivity (Wildman–Crippen MR) is 63.6 cm³/mol. The molecule has 0 amide bonds. The average Bonchev–Trinajstić information content (AvgIpc) is 2.93. The molecule has 0 atom stereocenters. The summed E-state index contributed by atoms with van der Waals surface area (Å²) < 4.78 is 22.0. The number of methoxy groups -OCH3 is 2. The van der Waals surface area contributed by atoms with Crippen LogP contribution >= 0.6 is 0 Å². The first-order chi connectivity index (χ1) is 8.63. The zero-order chi connectivity index (χ0) is 13.6. The minimum atomic E-state index is -1.31. The highest BCUT2D eigenvalue weighted by Gasteiger charge is 2.54. The summed E-state index contributed by atoms with van der Waals surface area (Å²) in [5.74, 6) is -1.27. The molecule has 0 aromatic heterocycles. The third-order valence-electron chi connectivity index (χ3n) is 3.86. The quantitative estimate of drug-likeness (QED) is 0.543. The smallest absolute Gasteiger partial charge is 0.323 e. The zero-order valence-electron chi connectivity index (χ0n) is 11.0. The van der Waals surface area contributed by atoms with Gasteiger partial charge in [-0.15, -0.1) is 0 Å². The van der Waals surface area contributed by atoms with Gasteiger partial charge in [0, 0.05) is 0 Å². The van der Waals surface area contributed by atoms with Crippen LogP contribution in [0.15, 0.2) is 0 Å². The molecule has 5 heteroatoms. The molecule has 0 radical (unpaired) electrons. The number of hydrogen-bond donors (Lipinski definition) is 0. The first-order valence-corrected chi connectivity index (χ1v) is 6.36. The molecule has 18 heavy (non-hydrogen) atoms. The summed E-state index contributed by atoms with van der Waals surface area (Å²) in [5.41, 5.74) is -1.31. The monoisotopic (exact) mass is 260 g/mol. The normalized spacial score (nSPS) is 16.6. The van der Waals surface area contributed by atoms with Crippen LogP contribution < -0.4 is 0 Å². The van der Waals surface area contributed by atoms with E-state index in [9.17, 15) is 14.0 Å². The molecule has 0 bridgehead atoms. The molecule has 0 unspecified atom stereocenters. The van der Waals surface area contributed by atoms with Gasteiger partial charge in [0.25, 0.3) is 0 Å². The van der Waals surface area contributed by atoms with Gasteiger partial charge in [-0.2, -0.15) is 0 Å². The Morgan fingerprint density at radius 3 is 2.06 bits per heavy atom. The van der Waals surface area contributed by atoms with Crippen LogP contribution in [0.4, 0.5) is 4.39 Å². The van der Waals surface area contributed by atoms with E-state index in [-0.39, 0.29) is 18.8 Å². The van der Waals surface area contributed by atoms with Gasteiger partial charge < -0.3 is 9.47 Å². The van der Waals surface area contributed by atoms with Crippen LogP contribution in [0.3, 0.4) is 0 Å². The molecule has 1 aliphatic rings. The maximum absolute atomic E-state index is 12.4. The second-order valence-corrected chi connectivity index (χ2v) is 4.73. The Bertz CT molecular complexity index is 281. The number of halogens is 1. The van der Waals surface area contributed by atoms with Gasteiger partial charge in [-0.05, 0) is 31.6 Å². The summed E-state index contributed by atoms with van der Waals surface area (Å²) in [6, 6.07) is 0. The Kier molecular flexibility index (Phi) is 5.56. The summed E-state index contributed by atoms with van der Waals surface area (Å²) in [4.78, 5) is 24.2. The Balaban J connectivity index is 3.06. The van der Waals surface area contributed by atoms with Crippen LogP contribution in [-0.4, -0.2) is 32.8 Å². The van der Waals surface area contributed by atoms with Gasteiger partial charge >= 0.3 is 11.9 Å². The number of ether oxygens (including phenoxy) is 2. The molecule has 0 N–H and O–H groups in total. The molecule has 0 aliphatic heterocycles. The van der Waals surface area contributed by atoms with Crippen molar-refractivity contribution in [2.75, 3.05) is 20.9 Å². The molecule has 0 heterocycles. The van der Waals surface area contributed by atoms with Gasteiger partial charge in [0.15, 0.2) is 5.41 Å². The fourth-order valence-electron chi connectivity index (χ4n) is 2.95. The molecular formula is C13H21FO4. The van der Waals surface area contributed by atoms with Crippen LogP contribution in [-0.2, 0) is 19.1 Å². The van der Waals surface area contributed by atoms with E-state index < -0.39 is 24.0 Å². The van der Waals surface area contributed by atoms with Crippen molar-refractivity contribution in [3.8, 4) is 0 Å². The van der Waals surface area contributed by atoms with Crippen molar-refractivity contribution >= 4 is 11.9 Å². The first kappa shape index (κ1) is 14.9. The van der Waals surface area contributed by atoms with Gasteiger partial charge in [-0.1, -0.05) is 12.8 Å². The van der Waals surface area contributed by atoms with E-state index in [0.717, 1.165) is 25.7 Å². The maximum atomic E-state index is 12.4. The molecule has 1 fully saturated rings. The van der Waals surface area contributed by atoms with Gasteiger partial charge in [-0.3, -0.25) is 14.0 Å². The third-order valence-corrected chi connectivity index (χ3v) is 3.86.